The summed E-state index contributed by atoms with van der Waals surface area (Å²) in [5.41, 5.74) is -0.494. The molecule has 0 unspecified atom stereocenters. The number of methoxy groups -OCH3 is 1. The molecular weight excluding hydrogens is 365 g/mol. The van der Waals surface area contributed by atoms with Crippen molar-refractivity contribution in [1.29, 1.82) is 0 Å². The zero-order valence-electron chi connectivity index (χ0n) is 14.0. The molecule has 0 aliphatic carbocycles. The van der Waals surface area contributed by atoms with Gasteiger partial charge in [0.15, 0.2) is 6.61 Å². The fourth-order valence-electron chi connectivity index (χ4n) is 2.20. The Hall–Kier alpha value is -3.36. The first-order valence-corrected chi connectivity index (χ1v) is 7.68. The summed E-state index contributed by atoms with van der Waals surface area (Å²) in [4.78, 5) is 16.0. The van der Waals surface area contributed by atoms with Crippen LogP contribution < -0.4 is 4.74 Å². The third-order valence-corrected chi connectivity index (χ3v) is 3.57. The summed E-state index contributed by atoms with van der Waals surface area (Å²) in [6.45, 7) is -0.363. The van der Waals surface area contributed by atoms with E-state index >= 15 is 0 Å². The van der Waals surface area contributed by atoms with Crippen molar-refractivity contribution in [2.45, 2.75) is 12.8 Å². The predicted molar refractivity (Wildman–Crippen MR) is 86.8 cm³/mol. The van der Waals surface area contributed by atoms with E-state index in [9.17, 15) is 18.0 Å². The van der Waals surface area contributed by atoms with Gasteiger partial charge in [-0.15, -0.1) is 0 Å². The average Bonchev–Trinajstić information content (AvgIpc) is 3.14. The van der Waals surface area contributed by atoms with Gasteiger partial charge in [-0.25, -0.2) is 4.79 Å². The number of carbonyl (C=O) groups is 1. The molecule has 0 N–H and O–H groups in total. The number of ether oxygens (including phenoxy) is 2. The number of hydrogen-bond acceptors (Lipinski definition) is 6. The Kier molecular flexibility index (Phi) is 5.11. The van der Waals surface area contributed by atoms with Gasteiger partial charge in [-0.05, 0) is 42.5 Å². The Bertz CT molecular complexity index is 936. The van der Waals surface area contributed by atoms with Crippen LogP contribution in [0.4, 0.5) is 13.2 Å². The second kappa shape index (κ2) is 7.48. The molecule has 3 aromatic rings. The average molecular weight is 378 g/mol. The van der Waals surface area contributed by atoms with Crippen LogP contribution in [-0.4, -0.2) is 23.2 Å². The number of nitrogens with zero attached hydrogens (tertiary/aromatic N) is 2. The van der Waals surface area contributed by atoms with Crippen molar-refractivity contribution in [3.63, 3.8) is 0 Å². The van der Waals surface area contributed by atoms with Crippen molar-refractivity contribution in [1.82, 2.24) is 10.1 Å². The van der Waals surface area contributed by atoms with Crippen molar-refractivity contribution in [2.75, 3.05) is 7.11 Å². The molecule has 1 heterocycles. The lowest BCUT2D eigenvalue weighted by atomic mass is 10.1. The van der Waals surface area contributed by atoms with Crippen LogP contribution in [0.15, 0.2) is 53.1 Å². The van der Waals surface area contributed by atoms with Gasteiger partial charge in [0.1, 0.15) is 5.75 Å². The maximum absolute atomic E-state index is 12.7. The van der Waals surface area contributed by atoms with E-state index < -0.39 is 17.7 Å². The molecule has 2 aromatic carbocycles. The molecule has 0 atom stereocenters. The van der Waals surface area contributed by atoms with Gasteiger partial charge >= 0.3 is 12.1 Å². The summed E-state index contributed by atoms with van der Waals surface area (Å²) >= 11 is 0. The minimum absolute atomic E-state index is 0.0149. The first kappa shape index (κ1) is 18.4. The Morgan fingerprint density at radius 1 is 1.15 bits per heavy atom. The zero-order valence-corrected chi connectivity index (χ0v) is 14.0. The van der Waals surface area contributed by atoms with Crippen molar-refractivity contribution in [2.24, 2.45) is 0 Å². The number of carbonyl (C=O) groups excluding carboxylic acids is 1. The van der Waals surface area contributed by atoms with E-state index in [1.807, 2.05) is 0 Å². The number of aromatic nitrogens is 2. The maximum Gasteiger partial charge on any atom is 0.416 e. The van der Waals surface area contributed by atoms with Gasteiger partial charge in [0, 0.05) is 5.56 Å². The summed E-state index contributed by atoms with van der Waals surface area (Å²) in [6, 6.07) is 10.8. The lowest BCUT2D eigenvalue weighted by molar-refractivity contribution is -0.137. The molecule has 0 spiro atoms. The van der Waals surface area contributed by atoms with E-state index in [0.717, 1.165) is 18.2 Å². The maximum atomic E-state index is 12.7. The number of rotatable bonds is 5. The van der Waals surface area contributed by atoms with Crippen molar-refractivity contribution in [3.05, 3.63) is 65.5 Å². The number of esters is 1. The molecule has 0 saturated heterocycles. The summed E-state index contributed by atoms with van der Waals surface area (Å²) in [6.07, 6.45) is -4.55. The van der Waals surface area contributed by atoms with Crippen molar-refractivity contribution >= 4 is 5.97 Å². The zero-order chi connectivity index (χ0) is 19.4. The fourth-order valence-corrected chi connectivity index (χ4v) is 2.20. The van der Waals surface area contributed by atoms with Crippen LogP contribution in [0.5, 0.6) is 5.75 Å². The van der Waals surface area contributed by atoms with Crippen LogP contribution in [0.1, 0.15) is 21.8 Å². The number of alkyl halides is 3. The molecule has 0 aliphatic heterocycles. The highest BCUT2D eigenvalue weighted by atomic mass is 19.4. The third-order valence-electron chi connectivity index (χ3n) is 3.57. The summed E-state index contributed by atoms with van der Waals surface area (Å²) in [7, 11) is 1.54. The van der Waals surface area contributed by atoms with Crippen LogP contribution >= 0.6 is 0 Å². The Labute approximate surface area is 151 Å². The topological polar surface area (TPSA) is 74.5 Å². The number of hydrogen-bond donors (Lipinski definition) is 0. The van der Waals surface area contributed by atoms with Crippen molar-refractivity contribution in [3.8, 4) is 17.1 Å². The monoisotopic (exact) mass is 378 g/mol. The first-order valence-electron chi connectivity index (χ1n) is 7.68. The van der Waals surface area contributed by atoms with Gasteiger partial charge in [-0.3, -0.25) is 0 Å². The minimum atomic E-state index is -4.55. The molecule has 0 amide bonds. The molecule has 6 nitrogen and oxygen atoms in total. The SMILES string of the molecule is COc1ccc(-c2noc(COC(=O)c3cccc(C(F)(F)F)c3)n2)cc1. The molecule has 3 rings (SSSR count). The molecule has 27 heavy (non-hydrogen) atoms. The molecule has 9 heteroatoms. The van der Waals surface area contributed by atoms with Gasteiger partial charge < -0.3 is 14.0 Å². The summed E-state index contributed by atoms with van der Waals surface area (Å²) in [5, 5.41) is 3.77. The van der Waals surface area contributed by atoms with E-state index in [1.54, 1.807) is 31.4 Å². The minimum Gasteiger partial charge on any atom is -0.497 e. The largest absolute Gasteiger partial charge is 0.497 e. The van der Waals surface area contributed by atoms with E-state index in [0.29, 0.717) is 11.3 Å². The first-order chi connectivity index (χ1) is 12.9. The molecule has 0 fully saturated rings. The van der Waals surface area contributed by atoms with Crippen molar-refractivity contribution < 1.29 is 32.0 Å². The Balaban J connectivity index is 1.65. The van der Waals surface area contributed by atoms with E-state index in [4.69, 9.17) is 14.0 Å². The second-order valence-corrected chi connectivity index (χ2v) is 5.39. The highest BCUT2D eigenvalue weighted by Gasteiger charge is 2.31. The Morgan fingerprint density at radius 3 is 2.56 bits per heavy atom. The standard InChI is InChI=1S/C18H13F3N2O4/c1-25-14-7-5-11(6-8-14)16-22-15(27-23-16)10-26-17(24)12-3-2-4-13(9-12)18(19,20)21/h2-9H,10H2,1H3. The number of halogens is 3. The molecule has 0 aliphatic rings. The molecule has 140 valence electrons. The van der Waals surface area contributed by atoms with Gasteiger partial charge in [0.2, 0.25) is 5.82 Å². The van der Waals surface area contributed by atoms with Crippen LogP contribution in [-0.2, 0) is 17.5 Å². The molecule has 0 radical (unpaired) electrons. The van der Waals surface area contributed by atoms with E-state index in [1.165, 1.54) is 6.07 Å². The smallest absolute Gasteiger partial charge is 0.416 e. The highest BCUT2D eigenvalue weighted by Crippen LogP contribution is 2.29. The Morgan fingerprint density at radius 2 is 1.89 bits per heavy atom. The quantitative estimate of drug-likeness (QED) is 0.622. The van der Waals surface area contributed by atoms with Crippen LogP contribution in [0, 0.1) is 0 Å². The van der Waals surface area contributed by atoms with E-state index in [-0.39, 0.29) is 23.9 Å². The molecule has 0 saturated carbocycles. The molecular formula is C18H13F3N2O4. The highest BCUT2D eigenvalue weighted by molar-refractivity contribution is 5.89. The fraction of sp³-hybridized carbons (Fsp3) is 0.167. The van der Waals surface area contributed by atoms with Crippen LogP contribution in [0.2, 0.25) is 0 Å². The van der Waals surface area contributed by atoms with Crippen LogP contribution in [0.25, 0.3) is 11.4 Å². The number of benzene rings is 2. The second-order valence-electron chi connectivity index (χ2n) is 5.39. The molecule has 1 aromatic heterocycles. The van der Waals surface area contributed by atoms with E-state index in [2.05, 4.69) is 10.1 Å². The lowest BCUT2D eigenvalue weighted by Crippen LogP contribution is -2.09. The third kappa shape index (κ3) is 4.43. The summed E-state index contributed by atoms with van der Waals surface area (Å²) < 4.78 is 53.1. The lowest BCUT2D eigenvalue weighted by Gasteiger charge is -2.08. The summed E-state index contributed by atoms with van der Waals surface area (Å²) in [5.74, 6) is 0.0340. The normalized spacial score (nSPS) is 11.3. The van der Waals surface area contributed by atoms with Gasteiger partial charge in [-0.2, -0.15) is 18.2 Å². The van der Waals surface area contributed by atoms with Crippen LogP contribution in [0.3, 0.4) is 0 Å². The predicted octanol–water partition coefficient (Wildman–Crippen LogP) is 4.12. The van der Waals surface area contributed by atoms with Gasteiger partial charge in [0.05, 0.1) is 18.2 Å². The molecule has 0 bridgehead atoms. The van der Waals surface area contributed by atoms with Gasteiger partial charge in [0.25, 0.3) is 5.89 Å². The van der Waals surface area contributed by atoms with Gasteiger partial charge in [-0.1, -0.05) is 11.2 Å².